The van der Waals surface area contributed by atoms with Crippen LogP contribution in [0.4, 0.5) is 13.2 Å². The summed E-state index contributed by atoms with van der Waals surface area (Å²) in [7, 11) is 0. The zero-order chi connectivity index (χ0) is 16.5. The van der Waals surface area contributed by atoms with Crippen molar-refractivity contribution in [2.24, 2.45) is 11.1 Å². The molecule has 3 nitrogen and oxygen atoms in total. The molecule has 0 radical (unpaired) electrons. The van der Waals surface area contributed by atoms with Crippen LogP contribution < -0.4 is 5.73 Å². The minimum Gasteiger partial charge on any atom is -0.342 e. The third kappa shape index (κ3) is 3.61. The van der Waals surface area contributed by atoms with Gasteiger partial charge in [-0.3, -0.25) is 4.79 Å². The molecule has 6 heteroatoms. The number of rotatable bonds is 2. The number of carbonyl (C=O) groups excluding carboxylic acids is 1. The van der Waals surface area contributed by atoms with Gasteiger partial charge in [0.05, 0.1) is 12.0 Å². The monoisotopic (exact) mass is 314 g/mol. The molecule has 1 amide bonds. The number of benzene rings is 1. The van der Waals surface area contributed by atoms with Gasteiger partial charge >= 0.3 is 6.18 Å². The molecule has 1 heterocycles. The summed E-state index contributed by atoms with van der Waals surface area (Å²) in [4.78, 5) is 14.0. The number of alkyl halides is 3. The molecule has 0 aromatic heterocycles. The van der Waals surface area contributed by atoms with E-state index in [2.05, 4.69) is 0 Å². The van der Waals surface area contributed by atoms with Gasteiger partial charge in [0.15, 0.2) is 0 Å². The molecule has 1 atom stereocenters. The maximum Gasteiger partial charge on any atom is 0.416 e. The number of nitrogens with two attached hydrogens (primary N) is 1. The molecule has 1 aliphatic heterocycles. The fraction of sp³-hybridized carbons (Fsp3) is 0.562. The Morgan fingerprint density at radius 1 is 1.36 bits per heavy atom. The van der Waals surface area contributed by atoms with Crippen molar-refractivity contribution in [3.05, 3.63) is 35.4 Å². The van der Waals surface area contributed by atoms with Crippen LogP contribution in [0.5, 0.6) is 0 Å². The van der Waals surface area contributed by atoms with Crippen LogP contribution in [0.1, 0.15) is 31.4 Å². The Morgan fingerprint density at radius 2 is 2.00 bits per heavy atom. The van der Waals surface area contributed by atoms with Gasteiger partial charge in [-0.2, -0.15) is 13.2 Å². The first-order valence-corrected chi connectivity index (χ1v) is 7.30. The highest BCUT2D eigenvalue weighted by atomic mass is 19.4. The van der Waals surface area contributed by atoms with Crippen LogP contribution in [-0.4, -0.2) is 29.9 Å². The Balaban J connectivity index is 2.14. The normalized spacial score (nSPS) is 21.7. The molecular weight excluding hydrogens is 293 g/mol. The smallest absolute Gasteiger partial charge is 0.342 e. The van der Waals surface area contributed by atoms with E-state index >= 15 is 0 Å². The molecule has 0 aliphatic carbocycles. The molecule has 22 heavy (non-hydrogen) atoms. The SMILES string of the molecule is CC1(C)CN(C(=O)Cc2ccccc2C(F)(F)F)CCC1N. The quantitative estimate of drug-likeness (QED) is 0.912. The lowest BCUT2D eigenvalue weighted by molar-refractivity contribution is -0.139. The average Bonchev–Trinajstić information content (AvgIpc) is 2.41. The summed E-state index contributed by atoms with van der Waals surface area (Å²) in [5.74, 6) is -0.281. The van der Waals surface area contributed by atoms with Crippen molar-refractivity contribution in [3.63, 3.8) is 0 Å². The fourth-order valence-corrected chi connectivity index (χ4v) is 2.81. The third-order valence-electron chi connectivity index (χ3n) is 4.33. The summed E-state index contributed by atoms with van der Waals surface area (Å²) in [5, 5.41) is 0. The van der Waals surface area contributed by atoms with Crippen molar-refractivity contribution < 1.29 is 18.0 Å². The Hall–Kier alpha value is -1.56. The Labute approximate surface area is 128 Å². The molecule has 0 bridgehead atoms. The second kappa shape index (κ2) is 5.91. The van der Waals surface area contributed by atoms with E-state index in [9.17, 15) is 18.0 Å². The van der Waals surface area contributed by atoms with Gasteiger partial charge in [0.1, 0.15) is 0 Å². The van der Waals surface area contributed by atoms with Gasteiger partial charge in [-0.05, 0) is 23.5 Å². The number of carbonyl (C=O) groups is 1. The van der Waals surface area contributed by atoms with Crippen LogP contribution in [0, 0.1) is 5.41 Å². The van der Waals surface area contributed by atoms with E-state index in [1.807, 2.05) is 13.8 Å². The standard InChI is InChI=1S/C16H21F3N2O/c1-15(2)10-21(8-7-13(15)20)14(22)9-11-5-3-4-6-12(11)16(17,18)19/h3-6,13H,7-10,20H2,1-2H3. The van der Waals surface area contributed by atoms with Gasteiger partial charge < -0.3 is 10.6 Å². The first kappa shape index (κ1) is 16.8. The van der Waals surface area contributed by atoms with Crippen LogP contribution >= 0.6 is 0 Å². The van der Waals surface area contributed by atoms with Gasteiger partial charge in [0, 0.05) is 19.1 Å². The molecule has 1 aliphatic rings. The molecule has 2 N–H and O–H groups in total. The number of amides is 1. The number of piperidine rings is 1. The van der Waals surface area contributed by atoms with Crippen molar-refractivity contribution >= 4 is 5.91 Å². The number of nitrogens with zero attached hydrogens (tertiary/aromatic N) is 1. The Morgan fingerprint density at radius 3 is 2.59 bits per heavy atom. The van der Waals surface area contributed by atoms with Crippen LogP contribution in [-0.2, 0) is 17.4 Å². The van der Waals surface area contributed by atoms with Crippen LogP contribution in [0.2, 0.25) is 0 Å². The zero-order valence-corrected chi connectivity index (χ0v) is 12.8. The minimum atomic E-state index is -4.44. The predicted octanol–water partition coefficient (Wildman–Crippen LogP) is 2.83. The number of likely N-dealkylation sites (tertiary alicyclic amines) is 1. The molecule has 1 unspecified atom stereocenters. The summed E-state index contributed by atoms with van der Waals surface area (Å²) >= 11 is 0. The fourth-order valence-electron chi connectivity index (χ4n) is 2.81. The van der Waals surface area contributed by atoms with Gasteiger partial charge in [0.25, 0.3) is 0 Å². The topological polar surface area (TPSA) is 46.3 Å². The molecule has 1 fully saturated rings. The van der Waals surface area contributed by atoms with Crippen LogP contribution in [0.25, 0.3) is 0 Å². The van der Waals surface area contributed by atoms with E-state index < -0.39 is 11.7 Å². The Bertz CT molecular complexity index is 555. The molecule has 1 aromatic carbocycles. The lowest BCUT2D eigenvalue weighted by Crippen LogP contribution is -2.54. The second-order valence-corrected chi connectivity index (χ2v) is 6.53. The van der Waals surface area contributed by atoms with Crippen LogP contribution in [0.3, 0.4) is 0 Å². The van der Waals surface area contributed by atoms with Gasteiger partial charge in [-0.15, -0.1) is 0 Å². The number of halogens is 3. The van der Waals surface area contributed by atoms with E-state index in [1.54, 1.807) is 4.90 Å². The van der Waals surface area contributed by atoms with Crippen molar-refractivity contribution in [1.82, 2.24) is 4.90 Å². The minimum absolute atomic E-state index is 0.000915. The maximum atomic E-state index is 13.0. The van der Waals surface area contributed by atoms with Crippen molar-refractivity contribution in [3.8, 4) is 0 Å². The number of hydrogen-bond acceptors (Lipinski definition) is 2. The van der Waals surface area contributed by atoms with E-state index in [4.69, 9.17) is 5.73 Å². The van der Waals surface area contributed by atoms with Crippen molar-refractivity contribution in [1.29, 1.82) is 0 Å². The summed E-state index contributed by atoms with van der Waals surface area (Å²) in [5.41, 5.74) is 5.08. The summed E-state index contributed by atoms with van der Waals surface area (Å²) < 4.78 is 38.9. The largest absolute Gasteiger partial charge is 0.416 e. The Kier molecular flexibility index (Phi) is 4.52. The molecule has 2 rings (SSSR count). The van der Waals surface area contributed by atoms with E-state index in [-0.39, 0.29) is 29.3 Å². The van der Waals surface area contributed by atoms with E-state index in [0.29, 0.717) is 19.5 Å². The average molecular weight is 314 g/mol. The van der Waals surface area contributed by atoms with Gasteiger partial charge in [0.2, 0.25) is 5.91 Å². The lowest BCUT2D eigenvalue weighted by atomic mass is 9.79. The zero-order valence-electron chi connectivity index (χ0n) is 12.8. The van der Waals surface area contributed by atoms with E-state index in [1.165, 1.54) is 18.2 Å². The molecule has 1 saturated heterocycles. The summed E-state index contributed by atoms with van der Waals surface area (Å²) in [6.45, 7) is 4.92. The molecular formula is C16H21F3N2O. The molecule has 1 aromatic rings. The third-order valence-corrected chi connectivity index (χ3v) is 4.33. The highest BCUT2D eigenvalue weighted by Crippen LogP contribution is 2.33. The summed E-state index contributed by atoms with van der Waals surface area (Å²) in [6, 6.07) is 5.23. The first-order chi connectivity index (χ1) is 10.1. The molecule has 122 valence electrons. The lowest BCUT2D eigenvalue weighted by Gasteiger charge is -2.42. The highest BCUT2D eigenvalue weighted by molar-refractivity contribution is 5.79. The number of hydrogen-bond donors (Lipinski definition) is 1. The van der Waals surface area contributed by atoms with Crippen LogP contribution in [0.15, 0.2) is 24.3 Å². The van der Waals surface area contributed by atoms with Gasteiger partial charge in [-0.25, -0.2) is 0 Å². The van der Waals surface area contributed by atoms with E-state index in [0.717, 1.165) is 6.07 Å². The first-order valence-electron chi connectivity index (χ1n) is 7.30. The highest BCUT2D eigenvalue weighted by Gasteiger charge is 2.37. The second-order valence-electron chi connectivity index (χ2n) is 6.53. The van der Waals surface area contributed by atoms with Gasteiger partial charge in [-0.1, -0.05) is 32.0 Å². The molecule has 0 saturated carbocycles. The predicted molar refractivity (Wildman–Crippen MR) is 78.1 cm³/mol. The van der Waals surface area contributed by atoms with Crippen molar-refractivity contribution in [2.75, 3.05) is 13.1 Å². The molecule has 0 spiro atoms. The maximum absolute atomic E-state index is 13.0. The summed E-state index contributed by atoms with van der Waals surface area (Å²) in [6.07, 6.45) is -4.01. The van der Waals surface area contributed by atoms with Crippen molar-refractivity contribution in [2.45, 2.75) is 38.9 Å².